The van der Waals surface area contributed by atoms with Gasteiger partial charge in [0.2, 0.25) is 0 Å². The molecule has 5 rings (SSSR count). The Hall–Kier alpha value is -3.60. The number of fused-ring (bicyclic) bond motifs is 1. The number of urea groups is 1. The summed E-state index contributed by atoms with van der Waals surface area (Å²) in [5.74, 6) is 0.508. The smallest absolute Gasteiger partial charge is 0.315 e. The molecule has 0 radical (unpaired) electrons. The van der Waals surface area contributed by atoms with Gasteiger partial charge in [-0.15, -0.1) is 0 Å². The van der Waals surface area contributed by atoms with Gasteiger partial charge in [0.1, 0.15) is 24.5 Å². The number of hydrogen-bond acceptors (Lipinski definition) is 11. The molecule has 7 N–H and O–H groups in total. The average molecular weight is 759 g/mol. The number of imidazole rings is 1. The molecule has 5 atom stereocenters. The molecular weight excluding hydrogens is 709 g/mol. The number of hydrogen-bond donors (Lipinski definition) is 7. The molecule has 0 saturated carbocycles. The van der Waals surface area contributed by atoms with E-state index < -0.39 is 30.8 Å². The number of benzene rings is 2. The molecule has 0 aliphatic carbocycles. The Bertz CT molecular complexity index is 1710. The van der Waals surface area contributed by atoms with Gasteiger partial charge < -0.3 is 36.0 Å². The molecule has 52 heavy (non-hydrogen) atoms. The first-order valence-corrected chi connectivity index (χ1v) is 18.3. The number of amides is 2. The van der Waals surface area contributed by atoms with Crippen molar-refractivity contribution in [1.82, 2.24) is 40.4 Å². The van der Waals surface area contributed by atoms with Crippen LogP contribution in [0.15, 0.2) is 54.9 Å². The Morgan fingerprint density at radius 3 is 2.13 bits per heavy atom. The van der Waals surface area contributed by atoms with E-state index in [9.17, 15) is 20.1 Å². The number of aliphatic hydroxyl groups is 3. The number of carbonyl (C=O) groups excluding carboxylic acids is 1. The van der Waals surface area contributed by atoms with Gasteiger partial charge in [0.15, 0.2) is 29.0 Å². The summed E-state index contributed by atoms with van der Waals surface area (Å²) in [6.07, 6.45) is -4.78. The number of nitrogens with one attached hydrogen (secondary N) is 4. The Morgan fingerprint density at radius 2 is 1.56 bits per heavy atom. The summed E-state index contributed by atoms with van der Waals surface area (Å²) in [5.41, 5.74) is 2.68. The van der Waals surface area contributed by atoms with Gasteiger partial charge in [0.25, 0.3) is 0 Å². The highest BCUT2D eigenvalue weighted by Gasteiger charge is 2.47. The molecule has 4 aromatic rings. The van der Waals surface area contributed by atoms with Gasteiger partial charge in [-0.25, -0.2) is 19.7 Å². The monoisotopic (exact) mass is 757 g/mol. The van der Waals surface area contributed by atoms with Gasteiger partial charge in [-0.2, -0.15) is 0 Å². The Labute approximate surface area is 313 Å². The zero-order valence-electron chi connectivity index (χ0n) is 30.0. The fourth-order valence-electron chi connectivity index (χ4n) is 6.50. The van der Waals surface area contributed by atoms with E-state index in [-0.39, 0.29) is 24.3 Å². The minimum Gasteiger partial charge on any atom is -0.387 e. The van der Waals surface area contributed by atoms with E-state index in [1.807, 2.05) is 48.5 Å². The SMILES string of the molecule is CCNC(O)[C@H]1O[C@@H](n2cnc3c(NCC(c4ccc(Cl)cc4)c4ccc(Cl)cc4)nc(CNC(=O)NCCN(C(C)C)C(C)C)nc32)[C@H](O)[C@@H]1O. The van der Waals surface area contributed by atoms with E-state index in [0.717, 1.165) is 11.1 Å². The first-order chi connectivity index (χ1) is 24.9. The van der Waals surface area contributed by atoms with Crippen molar-refractivity contribution < 1.29 is 24.9 Å². The summed E-state index contributed by atoms with van der Waals surface area (Å²) in [7, 11) is 0. The first kappa shape index (κ1) is 39.6. The maximum atomic E-state index is 12.9. The molecule has 2 aromatic carbocycles. The van der Waals surface area contributed by atoms with E-state index in [2.05, 4.69) is 58.8 Å². The summed E-state index contributed by atoms with van der Waals surface area (Å²) >= 11 is 12.4. The molecule has 16 heteroatoms. The van der Waals surface area contributed by atoms with Crippen molar-refractivity contribution in [3.05, 3.63) is 81.9 Å². The second-order valence-corrected chi connectivity index (χ2v) is 14.2. The van der Waals surface area contributed by atoms with Crippen LogP contribution in [-0.4, -0.2) is 109 Å². The largest absolute Gasteiger partial charge is 0.387 e. The third-order valence-electron chi connectivity index (χ3n) is 9.15. The van der Waals surface area contributed by atoms with E-state index in [1.165, 1.54) is 10.9 Å². The standard InChI is InChI=1S/C36H49Cl2N9O5/c1-6-39-34(50)31-29(48)30(49)35(52-31)47-19-43-28-32(41-17-26(22-7-11-24(37)12-8-22)23-9-13-25(38)14-10-23)44-27(45-33(28)47)18-42-36(51)40-15-16-46(20(2)3)21(4)5/h7-14,19-21,26,29-31,34-35,39,48-50H,6,15-18H2,1-5H3,(H2,40,42,51)(H,41,44,45)/t29-,30+,31-,34?,35+/m0/s1. The first-order valence-electron chi connectivity index (χ1n) is 17.6. The molecule has 3 heterocycles. The van der Waals surface area contributed by atoms with Crippen LogP contribution in [0.25, 0.3) is 11.2 Å². The number of aromatic nitrogens is 4. The number of carbonyl (C=O) groups is 1. The molecule has 1 fully saturated rings. The molecule has 14 nitrogen and oxygen atoms in total. The topological polar surface area (TPSA) is 182 Å². The van der Waals surface area contributed by atoms with Crippen molar-refractivity contribution in [2.45, 2.75) is 89.9 Å². The number of nitrogens with zero attached hydrogens (tertiary/aromatic N) is 5. The van der Waals surface area contributed by atoms with Crippen molar-refractivity contribution in [3.63, 3.8) is 0 Å². The lowest BCUT2D eigenvalue weighted by Gasteiger charge is -2.30. The number of aliphatic hydroxyl groups excluding tert-OH is 3. The number of anilines is 1. The van der Waals surface area contributed by atoms with Gasteiger partial charge in [-0.05, 0) is 69.6 Å². The summed E-state index contributed by atoms with van der Waals surface area (Å²) in [6.45, 7) is 12.2. The highest BCUT2D eigenvalue weighted by Crippen LogP contribution is 2.34. The van der Waals surface area contributed by atoms with Gasteiger partial charge >= 0.3 is 6.03 Å². The normalized spacial score (nSPS) is 19.7. The predicted octanol–water partition coefficient (Wildman–Crippen LogP) is 3.84. The van der Waals surface area contributed by atoms with E-state index >= 15 is 0 Å². The maximum Gasteiger partial charge on any atom is 0.315 e. The van der Waals surface area contributed by atoms with E-state index in [1.54, 1.807) is 6.92 Å². The number of ether oxygens (including phenoxy) is 1. The fraction of sp³-hybridized carbons (Fsp3) is 0.500. The maximum absolute atomic E-state index is 12.9. The number of halogens is 2. The zero-order valence-corrected chi connectivity index (χ0v) is 31.5. The highest BCUT2D eigenvalue weighted by atomic mass is 35.5. The van der Waals surface area contributed by atoms with Gasteiger partial charge in [-0.3, -0.25) is 14.8 Å². The third-order valence-corrected chi connectivity index (χ3v) is 9.65. The summed E-state index contributed by atoms with van der Waals surface area (Å²) in [4.78, 5) is 29.2. The van der Waals surface area contributed by atoms with Crippen molar-refractivity contribution in [2.24, 2.45) is 0 Å². The van der Waals surface area contributed by atoms with E-state index in [0.29, 0.717) is 65.3 Å². The molecular formula is C36H49Cl2N9O5. The van der Waals surface area contributed by atoms with Crippen LogP contribution in [0.4, 0.5) is 10.6 Å². The van der Waals surface area contributed by atoms with Crippen molar-refractivity contribution in [3.8, 4) is 0 Å². The summed E-state index contributed by atoms with van der Waals surface area (Å²) < 4.78 is 7.49. The highest BCUT2D eigenvalue weighted by molar-refractivity contribution is 6.30. The molecule has 282 valence electrons. The molecule has 0 bridgehead atoms. The molecule has 1 aliphatic heterocycles. The molecule has 1 saturated heterocycles. The van der Waals surface area contributed by atoms with Gasteiger partial charge in [0, 0.05) is 47.7 Å². The van der Waals surface area contributed by atoms with Crippen LogP contribution in [0.2, 0.25) is 10.0 Å². The van der Waals surface area contributed by atoms with Crippen molar-refractivity contribution in [2.75, 3.05) is 31.5 Å². The van der Waals surface area contributed by atoms with Crippen LogP contribution in [0.3, 0.4) is 0 Å². The van der Waals surface area contributed by atoms with Crippen LogP contribution in [0.1, 0.15) is 63.7 Å². The second kappa shape index (κ2) is 18.0. The van der Waals surface area contributed by atoms with Crippen LogP contribution < -0.4 is 21.3 Å². The molecule has 0 spiro atoms. The summed E-state index contributed by atoms with van der Waals surface area (Å²) in [5, 5.41) is 45.6. The Kier molecular flexibility index (Phi) is 13.7. The zero-order chi connectivity index (χ0) is 37.5. The van der Waals surface area contributed by atoms with E-state index in [4.69, 9.17) is 37.9 Å². The number of rotatable bonds is 16. The summed E-state index contributed by atoms with van der Waals surface area (Å²) in [6, 6.07) is 15.5. The average Bonchev–Trinajstić information content (AvgIpc) is 3.66. The minimum absolute atomic E-state index is 0.0179. The minimum atomic E-state index is -1.40. The lowest BCUT2D eigenvalue weighted by molar-refractivity contribution is -0.0928. The molecule has 1 aliphatic rings. The molecule has 1 unspecified atom stereocenters. The predicted molar refractivity (Wildman–Crippen MR) is 201 cm³/mol. The second-order valence-electron chi connectivity index (χ2n) is 13.4. The van der Waals surface area contributed by atoms with Crippen LogP contribution in [-0.2, 0) is 11.3 Å². The fourth-order valence-corrected chi connectivity index (χ4v) is 6.75. The third kappa shape index (κ3) is 9.49. The van der Waals surface area contributed by atoms with Crippen molar-refractivity contribution in [1.29, 1.82) is 0 Å². The van der Waals surface area contributed by atoms with Crippen molar-refractivity contribution >= 4 is 46.2 Å². The van der Waals surface area contributed by atoms with Gasteiger partial charge in [-0.1, -0.05) is 54.4 Å². The molecule has 2 aromatic heterocycles. The lowest BCUT2D eigenvalue weighted by atomic mass is 9.91. The number of likely N-dealkylation sites (N-methyl/N-ethyl adjacent to an activating group) is 1. The Morgan fingerprint density at radius 1 is 0.942 bits per heavy atom. The molecule has 2 amide bonds. The van der Waals surface area contributed by atoms with Crippen LogP contribution in [0, 0.1) is 0 Å². The lowest BCUT2D eigenvalue weighted by Crippen LogP contribution is -2.46. The quantitative estimate of drug-likeness (QED) is 0.0826. The van der Waals surface area contributed by atoms with Crippen LogP contribution >= 0.6 is 23.2 Å². The van der Waals surface area contributed by atoms with Crippen LogP contribution in [0.5, 0.6) is 0 Å². The van der Waals surface area contributed by atoms with Gasteiger partial charge in [0.05, 0.1) is 12.9 Å². The Balaban J connectivity index is 1.43.